The molecule has 26 heavy (non-hydrogen) atoms. The maximum absolute atomic E-state index is 14.5. The lowest BCUT2D eigenvalue weighted by atomic mass is 9.94. The summed E-state index contributed by atoms with van der Waals surface area (Å²) in [6, 6.07) is 4.38. The highest BCUT2D eigenvalue weighted by atomic mass is 19.1. The molecular weight excluding hydrogens is 339 g/mol. The smallest absolute Gasteiger partial charge is 0.410 e. The van der Waals surface area contributed by atoms with Crippen molar-refractivity contribution >= 4 is 17.6 Å². The van der Waals surface area contributed by atoms with E-state index >= 15 is 0 Å². The molecule has 1 aromatic rings. The van der Waals surface area contributed by atoms with Crippen molar-refractivity contribution in [1.82, 2.24) is 9.96 Å². The van der Waals surface area contributed by atoms with Gasteiger partial charge in [0.2, 0.25) is 0 Å². The monoisotopic (exact) mass is 364 g/mol. The van der Waals surface area contributed by atoms with Crippen molar-refractivity contribution in [3.05, 3.63) is 41.2 Å². The third-order valence-electron chi connectivity index (χ3n) is 3.99. The van der Waals surface area contributed by atoms with Gasteiger partial charge in [0.15, 0.2) is 0 Å². The van der Waals surface area contributed by atoms with E-state index in [1.54, 1.807) is 37.8 Å². The maximum Gasteiger partial charge on any atom is 0.410 e. The van der Waals surface area contributed by atoms with Crippen LogP contribution in [0.4, 0.5) is 9.18 Å². The Bertz CT molecular complexity index is 725. The molecule has 7 heteroatoms. The summed E-state index contributed by atoms with van der Waals surface area (Å²) < 4.78 is 19.8. The van der Waals surface area contributed by atoms with E-state index in [2.05, 4.69) is 0 Å². The Kier molecular flexibility index (Phi) is 6.02. The van der Waals surface area contributed by atoms with Crippen molar-refractivity contribution in [3.63, 3.8) is 0 Å². The number of nitrogens with zero attached hydrogens (tertiary/aromatic N) is 2. The second-order valence-electron chi connectivity index (χ2n) is 7.05. The molecule has 0 spiro atoms. The van der Waals surface area contributed by atoms with E-state index in [1.807, 2.05) is 0 Å². The third kappa shape index (κ3) is 4.60. The molecule has 0 bridgehead atoms. The highest BCUT2D eigenvalue weighted by Gasteiger charge is 2.27. The van der Waals surface area contributed by atoms with Gasteiger partial charge in [0.05, 0.1) is 12.7 Å². The number of ether oxygens (including phenoxy) is 1. The molecule has 1 heterocycles. The third-order valence-corrected chi connectivity index (χ3v) is 3.99. The Hall–Kier alpha value is -2.41. The highest BCUT2D eigenvalue weighted by Crippen LogP contribution is 2.29. The second kappa shape index (κ2) is 7.86. The van der Waals surface area contributed by atoms with Gasteiger partial charge < -0.3 is 9.64 Å². The van der Waals surface area contributed by atoms with Gasteiger partial charge in [-0.05, 0) is 44.9 Å². The summed E-state index contributed by atoms with van der Waals surface area (Å²) in [6.07, 6.45) is 1.78. The predicted octanol–water partition coefficient (Wildman–Crippen LogP) is 3.48. The minimum absolute atomic E-state index is 0.228. The van der Waals surface area contributed by atoms with Gasteiger partial charge in [-0.25, -0.2) is 14.2 Å². The molecule has 1 aliphatic heterocycles. The van der Waals surface area contributed by atoms with E-state index in [9.17, 15) is 14.0 Å². The molecule has 0 saturated heterocycles. The van der Waals surface area contributed by atoms with Crippen LogP contribution in [-0.4, -0.2) is 54.8 Å². The first kappa shape index (κ1) is 19.9. The number of benzene rings is 1. The molecule has 142 valence electrons. The van der Waals surface area contributed by atoms with E-state index in [0.29, 0.717) is 25.1 Å². The van der Waals surface area contributed by atoms with E-state index in [-0.39, 0.29) is 11.1 Å². The van der Waals surface area contributed by atoms with Crippen molar-refractivity contribution in [1.29, 1.82) is 0 Å². The zero-order valence-corrected chi connectivity index (χ0v) is 15.8. The molecule has 0 atom stereocenters. The number of amides is 2. The minimum Gasteiger partial charge on any atom is -0.444 e. The van der Waals surface area contributed by atoms with Crippen LogP contribution in [0.15, 0.2) is 24.3 Å². The lowest BCUT2D eigenvalue weighted by Crippen LogP contribution is -2.39. The normalized spacial score (nSPS) is 14.7. The van der Waals surface area contributed by atoms with Crippen LogP contribution >= 0.6 is 0 Å². The lowest BCUT2D eigenvalue weighted by Gasteiger charge is -2.30. The summed E-state index contributed by atoms with van der Waals surface area (Å²) in [7, 11) is 2.84. The van der Waals surface area contributed by atoms with Crippen LogP contribution in [0.2, 0.25) is 0 Å². The van der Waals surface area contributed by atoms with E-state index in [4.69, 9.17) is 9.57 Å². The van der Waals surface area contributed by atoms with Crippen LogP contribution in [0.1, 0.15) is 43.1 Å². The fourth-order valence-corrected chi connectivity index (χ4v) is 2.67. The molecule has 0 aliphatic carbocycles. The van der Waals surface area contributed by atoms with Gasteiger partial charge in [0.1, 0.15) is 11.4 Å². The molecule has 0 radical (unpaired) electrons. The Balaban J connectivity index is 2.25. The quantitative estimate of drug-likeness (QED) is 0.771. The predicted molar refractivity (Wildman–Crippen MR) is 95.9 cm³/mol. The zero-order chi connectivity index (χ0) is 19.5. The van der Waals surface area contributed by atoms with Gasteiger partial charge >= 0.3 is 6.09 Å². The van der Waals surface area contributed by atoms with Crippen molar-refractivity contribution in [2.24, 2.45) is 0 Å². The van der Waals surface area contributed by atoms with Crippen LogP contribution in [0.5, 0.6) is 0 Å². The Morgan fingerprint density at radius 2 is 1.96 bits per heavy atom. The van der Waals surface area contributed by atoms with Crippen molar-refractivity contribution in [3.8, 4) is 0 Å². The minimum atomic E-state index is -0.572. The molecule has 0 fully saturated rings. The summed E-state index contributed by atoms with van der Waals surface area (Å²) >= 11 is 0. The molecule has 1 aliphatic rings. The molecule has 6 nitrogen and oxygen atoms in total. The van der Waals surface area contributed by atoms with Gasteiger partial charge in [-0.15, -0.1) is 0 Å². The first-order valence-electron chi connectivity index (χ1n) is 8.42. The van der Waals surface area contributed by atoms with E-state index in [1.165, 1.54) is 26.3 Å². The molecule has 0 saturated carbocycles. The SMILES string of the molecule is CON(C)C(=O)c1cccc(F)c1C1=CCN(C(=O)OC(C)(C)C)CC1. The summed E-state index contributed by atoms with van der Waals surface area (Å²) in [5.41, 5.74) is 0.601. The molecular formula is C19H25FN2O4. The molecule has 0 N–H and O–H groups in total. The number of hydrogen-bond acceptors (Lipinski definition) is 4. The summed E-state index contributed by atoms with van der Waals surface area (Å²) in [5.74, 6) is -0.908. The van der Waals surface area contributed by atoms with Gasteiger partial charge in [-0.2, -0.15) is 0 Å². The second-order valence-corrected chi connectivity index (χ2v) is 7.05. The van der Waals surface area contributed by atoms with Crippen LogP contribution in [0.25, 0.3) is 5.57 Å². The zero-order valence-electron chi connectivity index (χ0n) is 15.8. The highest BCUT2D eigenvalue weighted by molar-refractivity contribution is 5.98. The maximum atomic E-state index is 14.5. The van der Waals surface area contributed by atoms with Gasteiger partial charge in [-0.1, -0.05) is 12.1 Å². The standard InChI is InChI=1S/C19H25FN2O4/c1-19(2,3)26-18(24)22-11-9-13(10-12-22)16-14(7-6-8-15(16)20)17(23)21(4)25-5/h6-9H,10-12H2,1-5H3. The average molecular weight is 364 g/mol. The number of hydrogen-bond donors (Lipinski definition) is 0. The molecule has 2 amide bonds. The van der Waals surface area contributed by atoms with E-state index in [0.717, 1.165) is 5.06 Å². The topological polar surface area (TPSA) is 59.1 Å². The summed E-state index contributed by atoms with van der Waals surface area (Å²) in [4.78, 5) is 31.1. The Morgan fingerprint density at radius 3 is 2.50 bits per heavy atom. The van der Waals surface area contributed by atoms with Gasteiger partial charge in [-0.3, -0.25) is 9.63 Å². The Labute approximate surface area is 153 Å². The average Bonchev–Trinajstić information content (AvgIpc) is 2.59. The number of halogens is 1. The van der Waals surface area contributed by atoms with Crippen LogP contribution in [0, 0.1) is 5.82 Å². The lowest BCUT2D eigenvalue weighted by molar-refractivity contribution is -0.0757. The number of carbonyl (C=O) groups is 2. The van der Waals surface area contributed by atoms with E-state index < -0.39 is 23.4 Å². The molecule has 0 unspecified atom stereocenters. The fourth-order valence-electron chi connectivity index (χ4n) is 2.67. The van der Waals surface area contributed by atoms with Crippen LogP contribution in [-0.2, 0) is 9.57 Å². The fraction of sp³-hybridized carbons (Fsp3) is 0.474. The first-order chi connectivity index (χ1) is 12.1. The molecule has 2 rings (SSSR count). The summed E-state index contributed by atoms with van der Waals surface area (Å²) in [5, 5.41) is 1.05. The van der Waals surface area contributed by atoms with Gasteiger partial charge in [0, 0.05) is 25.7 Å². The van der Waals surface area contributed by atoms with Crippen molar-refractivity contribution in [2.45, 2.75) is 32.8 Å². The van der Waals surface area contributed by atoms with Crippen LogP contribution in [0.3, 0.4) is 0 Å². The summed E-state index contributed by atoms with van der Waals surface area (Å²) in [6.45, 7) is 6.11. The number of carbonyl (C=O) groups excluding carboxylic acids is 2. The number of rotatable bonds is 3. The van der Waals surface area contributed by atoms with Crippen molar-refractivity contribution in [2.75, 3.05) is 27.2 Å². The van der Waals surface area contributed by atoms with Gasteiger partial charge in [0.25, 0.3) is 5.91 Å². The molecule has 0 aromatic heterocycles. The first-order valence-corrected chi connectivity index (χ1v) is 8.42. The molecule has 1 aromatic carbocycles. The van der Waals surface area contributed by atoms with Crippen molar-refractivity contribution < 1.29 is 23.6 Å². The Morgan fingerprint density at radius 1 is 1.27 bits per heavy atom. The largest absolute Gasteiger partial charge is 0.444 e. The number of hydroxylamine groups is 2. The van der Waals surface area contributed by atoms with Crippen LogP contribution < -0.4 is 0 Å².